The smallest absolute Gasteiger partial charge is 0.239 e. The van der Waals surface area contributed by atoms with Crippen molar-refractivity contribution in [3.63, 3.8) is 0 Å². The van der Waals surface area contributed by atoms with Gasteiger partial charge in [0.1, 0.15) is 6.04 Å². The second-order valence-electron chi connectivity index (χ2n) is 4.07. The van der Waals surface area contributed by atoms with Gasteiger partial charge in [-0.2, -0.15) is 0 Å². The highest BCUT2D eigenvalue weighted by molar-refractivity contribution is 5.85. The maximum Gasteiger partial charge on any atom is 0.239 e. The van der Waals surface area contributed by atoms with Crippen LogP contribution in [0.1, 0.15) is 19.3 Å². The van der Waals surface area contributed by atoms with Crippen molar-refractivity contribution in [3.05, 3.63) is 0 Å². The Morgan fingerprint density at radius 1 is 1.62 bits per heavy atom. The molecule has 0 bridgehead atoms. The van der Waals surface area contributed by atoms with Crippen LogP contribution in [0.2, 0.25) is 0 Å². The molecule has 0 aromatic heterocycles. The normalized spacial score (nSPS) is 25.9. The van der Waals surface area contributed by atoms with Gasteiger partial charge in [0.25, 0.3) is 0 Å². The maximum atomic E-state index is 11.4. The molecule has 1 saturated carbocycles. The fourth-order valence-corrected chi connectivity index (χ4v) is 1.87. The summed E-state index contributed by atoms with van der Waals surface area (Å²) in [6.45, 7) is 0.733. The summed E-state index contributed by atoms with van der Waals surface area (Å²) >= 11 is 0. The molecule has 96 valence electrons. The highest BCUT2D eigenvalue weighted by atomic mass is 35.5. The summed E-state index contributed by atoms with van der Waals surface area (Å²) in [6.07, 6.45) is 2.57. The zero-order valence-electron chi connectivity index (χ0n) is 9.52. The quantitative estimate of drug-likeness (QED) is 0.625. The molecule has 0 saturated heterocycles. The number of carbonyl (C=O) groups excluding carboxylic acids is 1. The average molecular weight is 253 g/mol. The van der Waals surface area contributed by atoms with Crippen molar-refractivity contribution in [2.45, 2.75) is 31.4 Å². The lowest BCUT2D eigenvalue weighted by molar-refractivity contribution is -0.123. The van der Waals surface area contributed by atoms with E-state index < -0.39 is 6.04 Å². The predicted octanol–water partition coefficient (Wildman–Crippen LogP) is -0.341. The number of hydrogen-bond acceptors (Lipinski definition) is 4. The zero-order chi connectivity index (χ0) is 11.3. The summed E-state index contributed by atoms with van der Waals surface area (Å²) in [5, 5.41) is 12.3. The summed E-state index contributed by atoms with van der Waals surface area (Å²) in [5.74, 6) is -0.0281. The summed E-state index contributed by atoms with van der Waals surface area (Å²) in [6, 6.07) is -0.617. The Balaban J connectivity index is 0.00000225. The molecule has 0 aliphatic heterocycles. The molecule has 1 fully saturated rings. The van der Waals surface area contributed by atoms with Gasteiger partial charge in [0.15, 0.2) is 0 Å². The van der Waals surface area contributed by atoms with E-state index in [-0.39, 0.29) is 36.9 Å². The Labute approximate surface area is 102 Å². The molecule has 16 heavy (non-hydrogen) atoms. The van der Waals surface area contributed by atoms with Crippen LogP contribution in [0.25, 0.3) is 0 Å². The van der Waals surface area contributed by atoms with E-state index in [2.05, 4.69) is 5.32 Å². The minimum Gasteiger partial charge on any atom is -0.393 e. The highest BCUT2D eigenvalue weighted by Crippen LogP contribution is 2.24. The molecule has 1 rings (SSSR count). The third-order valence-corrected chi connectivity index (χ3v) is 2.84. The second-order valence-corrected chi connectivity index (χ2v) is 4.07. The van der Waals surface area contributed by atoms with Gasteiger partial charge in [0.05, 0.1) is 12.7 Å². The molecule has 0 heterocycles. The lowest BCUT2D eigenvalue weighted by Gasteiger charge is -2.17. The molecule has 4 N–H and O–H groups in total. The summed E-state index contributed by atoms with van der Waals surface area (Å²) in [7, 11) is 1.51. The molecule has 1 aliphatic carbocycles. The number of rotatable bonds is 5. The van der Waals surface area contributed by atoms with Gasteiger partial charge in [-0.1, -0.05) is 6.42 Å². The van der Waals surface area contributed by atoms with Crippen LogP contribution in [0.4, 0.5) is 0 Å². The number of aliphatic hydroxyl groups excluding tert-OH is 1. The van der Waals surface area contributed by atoms with E-state index in [0.29, 0.717) is 6.54 Å². The van der Waals surface area contributed by atoms with Crippen LogP contribution in [0.3, 0.4) is 0 Å². The Hall–Kier alpha value is -0.360. The number of carbonyl (C=O) groups is 1. The first-order valence-corrected chi connectivity index (χ1v) is 5.35. The number of halogens is 1. The monoisotopic (exact) mass is 252 g/mol. The van der Waals surface area contributed by atoms with Crippen LogP contribution in [-0.4, -0.2) is 43.4 Å². The SMILES string of the molecule is COCC(N)C(=O)NCC1CCCC1O.Cl. The van der Waals surface area contributed by atoms with Crippen molar-refractivity contribution in [2.75, 3.05) is 20.3 Å². The van der Waals surface area contributed by atoms with Crippen LogP contribution in [-0.2, 0) is 9.53 Å². The largest absolute Gasteiger partial charge is 0.393 e. The number of methoxy groups -OCH3 is 1. The molecular weight excluding hydrogens is 232 g/mol. The topological polar surface area (TPSA) is 84.6 Å². The Kier molecular flexibility index (Phi) is 7.66. The van der Waals surface area contributed by atoms with Crippen molar-refractivity contribution in [1.29, 1.82) is 0 Å². The number of nitrogens with two attached hydrogens (primary N) is 1. The van der Waals surface area contributed by atoms with E-state index in [1.165, 1.54) is 7.11 Å². The van der Waals surface area contributed by atoms with Crippen LogP contribution < -0.4 is 11.1 Å². The minimum absolute atomic E-state index is 0. The first-order chi connectivity index (χ1) is 7.15. The number of ether oxygens (including phenoxy) is 1. The molecule has 3 unspecified atom stereocenters. The second kappa shape index (κ2) is 7.84. The van der Waals surface area contributed by atoms with E-state index in [1.54, 1.807) is 0 Å². The number of aliphatic hydroxyl groups is 1. The summed E-state index contributed by atoms with van der Waals surface area (Å²) in [5.41, 5.74) is 5.55. The molecule has 1 aliphatic rings. The third kappa shape index (κ3) is 4.65. The molecule has 6 heteroatoms. The fourth-order valence-electron chi connectivity index (χ4n) is 1.87. The fraction of sp³-hybridized carbons (Fsp3) is 0.900. The molecule has 5 nitrogen and oxygen atoms in total. The molecule has 1 amide bonds. The predicted molar refractivity (Wildman–Crippen MR) is 63.5 cm³/mol. The van der Waals surface area contributed by atoms with Crippen molar-refractivity contribution < 1.29 is 14.6 Å². The average Bonchev–Trinajstić information content (AvgIpc) is 2.61. The molecule has 3 atom stereocenters. The van der Waals surface area contributed by atoms with Crippen molar-refractivity contribution >= 4 is 18.3 Å². The molecular formula is C10H21ClN2O3. The van der Waals surface area contributed by atoms with Gasteiger partial charge < -0.3 is 20.9 Å². The van der Waals surface area contributed by atoms with Crippen molar-refractivity contribution in [1.82, 2.24) is 5.32 Å². The lowest BCUT2D eigenvalue weighted by atomic mass is 10.1. The van der Waals surface area contributed by atoms with Gasteiger partial charge in [0.2, 0.25) is 5.91 Å². The van der Waals surface area contributed by atoms with E-state index in [0.717, 1.165) is 19.3 Å². The number of nitrogens with one attached hydrogen (secondary N) is 1. The summed E-state index contributed by atoms with van der Waals surface area (Å²) in [4.78, 5) is 11.4. The van der Waals surface area contributed by atoms with E-state index in [1.807, 2.05) is 0 Å². The number of hydrogen-bond donors (Lipinski definition) is 3. The van der Waals surface area contributed by atoms with Crippen LogP contribution in [0.15, 0.2) is 0 Å². The van der Waals surface area contributed by atoms with Crippen molar-refractivity contribution in [2.24, 2.45) is 11.7 Å². The van der Waals surface area contributed by atoms with Gasteiger partial charge in [-0.3, -0.25) is 4.79 Å². The lowest BCUT2D eigenvalue weighted by Crippen LogP contribution is -2.45. The van der Waals surface area contributed by atoms with Gasteiger partial charge in [-0.15, -0.1) is 12.4 Å². The zero-order valence-corrected chi connectivity index (χ0v) is 10.3. The number of amides is 1. The molecule has 0 aromatic carbocycles. The van der Waals surface area contributed by atoms with Gasteiger partial charge >= 0.3 is 0 Å². The van der Waals surface area contributed by atoms with Crippen LogP contribution >= 0.6 is 12.4 Å². The first kappa shape index (κ1) is 15.6. The Morgan fingerprint density at radius 3 is 2.81 bits per heavy atom. The van der Waals surface area contributed by atoms with E-state index >= 15 is 0 Å². The minimum atomic E-state index is -0.617. The molecule has 0 radical (unpaired) electrons. The highest BCUT2D eigenvalue weighted by Gasteiger charge is 2.25. The van der Waals surface area contributed by atoms with Gasteiger partial charge in [-0.25, -0.2) is 0 Å². The third-order valence-electron chi connectivity index (χ3n) is 2.84. The maximum absolute atomic E-state index is 11.4. The standard InChI is InChI=1S/C10H20N2O3.ClH/c1-15-6-8(11)10(14)12-5-7-3-2-4-9(7)13;/h7-9,13H,2-6,11H2,1H3,(H,12,14);1H. The van der Waals surface area contributed by atoms with Crippen LogP contribution in [0.5, 0.6) is 0 Å². The summed E-state index contributed by atoms with van der Waals surface area (Å²) < 4.78 is 4.78. The first-order valence-electron chi connectivity index (χ1n) is 5.35. The van der Waals surface area contributed by atoms with E-state index in [4.69, 9.17) is 10.5 Å². The Morgan fingerprint density at radius 2 is 2.31 bits per heavy atom. The van der Waals surface area contributed by atoms with Crippen LogP contribution in [0, 0.1) is 5.92 Å². The Bertz CT molecular complexity index is 216. The van der Waals surface area contributed by atoms with Gasteiger partial charge in [0, 0.05) is 19.6 Å². The van der Waals surface area contributed by atoms with Gasteiger partial charge in [-0.05, 0) is 12.8 Å². The van der Waals surface area contributed by atoms with E-state index in [9.17, 15) is 9.90 Å². The molecule has 0 aromatic rings. The van der Waals surface area contributed by atoms with Crippen molar-refractivity contribution in [3.8, 4) is 0 Å². The molecule has 0 spiro atoms.